The summed E-state index contributed by atoms with van der Waals surface area (Å²) in [4.78, 5) is 36.8. The van der Waals surface area contributed by atoms with E-state index in [9.17, 15) is 14.4 Å². The van der Waals surface area contributed by atoms with E-state index in [4.69, 9.17) is 14.2 Å². The van der Waals surface area contributed by atoms with Gasteiger partial charge in [0.15, 0.2) is 0 Å². The summed E-state index contributed by atoms with van der Waals surface area (Å²) in [7, 11) is 1.56. The molecule has 0 fully saturated rings. The molecular weight excluding hydrogens is 424 g/mol. The van der Waals surface area contributed by atoms with Crippen LogP contribution in [0.25, 0.3) is 0 Å². The maximum atomic E-state index is 12.5. The molecule has 33 heavy (non-hydrogen) atoms. The topological polar surface area (TPSA) is 103 Å². The van der Waals surface area contributed by atoms with Gasteiger partial charge in [-0.3, -0.25) is 4.79 Å². The van der Waals surface area contributed by atoms with Crippen molar-refractivity contribution in [2.75, 3.05) is 25.6 Å². The molecule has 0 saturated heterocycles. The number of anilines is 1. The van der Waals surface area contributed by atoms with Gasteiger partial charge in [-0.1, -0.05) is 25.5 Å². The normalized spacial score (nSPS) is 12.9. The van der Waals surface area contributed by atoms with Crippen LogP contribution in [0.15, 0.2) is 11.6 Å². The van der Waals surface area contributed by atoms with Crippen molar-refractivity contribution < 1.29 is 28.6 Å². The number of nitrogens with one attached hydrogen (secondary N) is 2. The quantitative estimate of drug-likeness (QED) is 0.367. The van der Waals surface area contributed by atoms with E-state index in [1.807, 2.05) is 26.8 Å². The third-order valence-corrected chi connectivity index (χ3v) is 5.59. The average Bonchev–Trinajstić information content (AvgIpc) is 3.14. The second-order valence-corrected chi connectivity index (χ2v) is 8.58. The highest BCUT2D eigenvalue weighted by Crippen LogP contribution is 2.41. The molecule has 2 amide bonds. The predicted octanol–water partition coefficient (Wildman–Crippen LogP) is 4.67. The van der Waals surface area contributed by atoms with Gasteiger partial charge >= 0.3 is 18.0 Å². The van der Waals surface area contributed by atoms with E-state index in [0.29, 0.717) is 60.9 Å². The Morgan fingerprint density at radius 3 is 2.61 bits per heavy atom. The van der Waals surface area contributed by atoms with Crippen LogP contribution in [-0.4, -0.2) is 38.2 Å². The predicted molar refractivity (Wildman–Crippen MR) is 127 cm³/mol. The molecule has 0 saturated carbocycles. The molecule has 2 rings (SSSR count). The molecule has 1 aromatic carbocycles. The molecular formula is C25H36N2O6. The Kier molecular flexibility index (Phi) is 9.75. The van der Waals surface area contributed by atoms with Gasteiger partial charge in [0, 0.05) is 24.1 Å². The largest absolute Gasteiger partial charge is 0.496 e. The highest BCUT2D eigenvalue weighted by atomic mass is 16.5. The average molecular weight is 461 g/mol. The second kappa shape index (κ2) is 12.3. The summed E-state index contributed by atoms with van der Waals surface area (Å²) in [5.74, 6) is 0.421. The van der Waals surface area contributed by atoms with Crippen molar-refractivity contribution >= 4 is 23.7 Å². The van der Waals surface area contributed by atoms with Crippen molar-refractivity contribution in [3.63, 3.8) is 0 Å². The summed E-state index contributed by atoms with van der Waals surface area (Å²) in [6.45, 7) is 10.8. The molecule has 0 aromatic heterocycles. The number of ether oxygens (including phenoxy) is 3. The van der Waals surface area contributed by atoms with Crippen LogP contribution in [0.5, 0.6) is 5.75 Å². The highest BCUT2D eigenvalue weighted by Gasteiger charge is 2.32. The van der Waals surface area contributed by atoms with Gasteiger partial charge in [-0.05, 0) is 51.5 Å². The molecule has 1 aliphatic heterocycles. The smallest absolute Gasteiger partial charge is 0.341 e. The van der Waals surface area contributed by atoms with Gasteiger partial charge in [0.2, 0.25) is 0 Å². The number of esters is 2. The number of allylic oxidation sites excluding steroid dienone is 2. The van der Waals surface area contributed by atoms with Gasteiger partial charge in [-0.15, -0.1) is 0 Å². The third kappa shape index (κ3) is 6.97. The van der Waals surface area contributed by atoms with Crippen LogP contribution in [0.4, 0.5) is 10.5 Å². The summed E-state index contributed by atoms with van der Waals surface area (Å²) < 4.78 is 16.2. The van der Waals surface area contributed by atoms with Gasteiger partial charge in [-0.25, -0.2) is 9.59 Å². The number of rotatable bonds is 11. The minimum atomic E-state index is -0.464. The maximum Gasteiger partial charge on any atom is 0.341 e. The van der Waals surface area contributed by atoms with Gasteiger partial charge in [0.05, 0.1) is 25.0 Å². The van der Waals surface area contributed by atoms with Crippen LogP contribution in [-0.2, 0) is 27.3 Å². The molecule has 0 bridgehead atoms. The number of benzene rings is 1. The van der Waals surface area contributed by atoms with Gasteiger partial charge in [0.25, 0.3) is 0 Å². The van der Waals surface area contributed by atoms with E-state index in [1.54, 1.807) is 7.11 Å². The summed E-state index contributed by atoms with van der Waals surface area (Å²) in [6.07, 6.45) is 4.11. The molecule has 8 nitrogen and oxygen atoms in total. The number of amides is 2. The molecule has 1 aromatic rings. The van der Waals surface area contributed by atoms with Crippen molar-refractivity contribution in [2.24, 2.45) is 5.92 Å². The summed E-state index contributed by atoms with van der Waals surface area (Å²) in [6, 6.07) is -0.406. The van der Waals surface area contributed by atoms with Crippen molar-refractivity contribution in [2.45, 2.75) is 66.9 Å². The Morgan fingerprint density at radius 1 is 1.24 bits per heavy atom. The standard InChI is InChI=1S/C25H36N2O6/c1-7-26-25(30)27-22-18(23(31-6)17(5)19-14-33-24(29)21(19)22)10-8-16(4)9-11-20(28)32-13-12-15(2)3/h8,15H,7,9-14H2,1-6H3,(H2,26,27,30). The Hall–Kier alpha value is -3.03. The number of carbonyl (C=O) groups excluding carboxylic acids is 3. The minimum Gasteiger partial charge on any atom is -0.496 e. The lowest BCUT2D eigenvalue weighted by Crippen LogP contribution is -2.29. The monoisotopic (exact) mass is 460 g/mol. The molecule has 1 aliphatic rings. The lowest BCUT2D eigenvalue weighted by molar-refractivity contribution is -0.143. The van der Waals surface area contributed by atoms with Crippen molar-refractivity contribution in [3.8, 4) is 5.75 Å². The zero-order valence-corrected chi connectivity index (χ0v) is 20.6. The van der Waals surface area contributed by atoms with E-state index in [0.717, 1.165) is 23.1 Å². The van der Waals surface area contributed by atoms with Gasteiger partial charge in [-0.2, -0.15) is 0 Å². The van der Waals surface area contributed by atoms with E-state index in [1.165, 1.54) is 0 Å². The molecule has 0 aliphatic carbocycles. The minimum absolute atomic E-state index is 0.147. The molecule has 0 radical (unpaired) electrons. The molecule has 8 heteroatoms. The first kappa shape index (κ1) is 26.2. The lowest BCUT2D eigenvalue weighted by Gasteiger charge is -2.20. The van der Waals surface area contributed by atoms with Gasteiger partial charge in [0.1, 0.15) is 12.4 Å². The molecule has 0 spiro atoms. The number of methoxy groups -OCH3 is 1. The van der Waals surface area contributed by atoms with Crippen LogP contribution in [0.2, 0.25) is 0 Å². The van der Waals surface area contributed by atoms with Crippen LogP contribution < -0.4 is 15.4 Å². The third-order valence-electron chi connectivity index (χ3n) is 5.59. The number of hydrogen-bond donors (Lipinski definition) is 2. The van der Waals surface area contributed by atoms with Crippen LogP contribution >= 0.6 is 0 Å². The molecule has 0 atom stereocenters. The number of hydrogen-bond acceptors (Lipinski definition) is 6. The lowest BCUT2D eigenvalue weighted by atomic mass is 9.93. The fourth-order valence-corrected chi connectivity index (χ4v) is 3.67. The van der Waals surface area contributed by atoms with Crippen LogP contribution in [0.1, 0.15) is 74.0 Å². The van der Waals surface area contributed by atoms with Crippen LogP contribution in [0, 0.1) is 12.8 Å². The summed E-state index contributed by atoms with van der Waals surface area (Å²) in [5, 5.41) is 5.51. The Morgan fingerprint density at radius 2 is 1.97 bits per heavy atom. The molecule has 2 N–H and O–H groups in total. The Bertz CT molecular complexity index is 920. The fourth-order valence-electron chi connectivity index (χ4n) is 3.67. The number of urea groups is 1. The summed E-state index contributed by atoms with van der Waals surface area (Å²) in [5.41, 5.74) is 4.00. The first-order valence-electron chi connectivity index (χ1n) is 11.4. The number of carbonyl (C=O) groups is 3. The highest BCUT2D eigenvalue weighted by molar-refractivity contribution is 6.05. The zero-order valence-electron chi connectivity index (χ0n) is 20.6. The molecule has 0 unspecified atom stereocenters. The Balaban J connectivity index is 2.24. The first-order chi connectivity index (χ1) is 15.7. The first-order valence-corrected chi connectivity index (χ1v) is 11.4. The van der Waals surface area contributed by atoms with Crippen LogP contribution in [0.3, 0.4) is 0 Å². The van der Waals surface area contributed by atoms with E-state index in [2.05, 4.69) is 24.5 Å². The van der Waals surface area contributed by atoms with Crippen molar-refractivity contribution in [3.05, 3.63) is 33.9 Å². The number of cyclic esters (lactones) is 1. The van der Waals surface area contributed by atoms with E-state index in [-0.39, 0.29) is 12.6 Å². The zero-order chi connectivity index (χ0) is 24.5. The van der Waals surface area contributed by atoms with Crippen molar-refractivity contribution in [1.82, 2.24) is 5.32 Å². The van der Waals surface area contributed by atoms with E-state index < -0.39 is 12.0 Å². The van der Waals surface area contributed by atoms with E-state index >= 15 is 0 Å². The van der Waals surface area contributed by atoms with Gasteiger partial charge < -0.3 is 24.8 Å². The number of fused-ring (bicyclic) bond motifs is 1. The fraction of sp³-hybridized carbons (Fsp3) is 0.560. The van der Waals surface area contributed by atoms with Crippen molar-refractivity contribution in [1.29, 1.82) is 0 Å². The second-order valence-electron chi connectivity index (χ2n) is 8.58. The maximum absolute atomic E-state index is 12.5. The Labute approximate surface area is 196 Å². The molecule has 1 heterocycles. The SMILES string of the molecule is CCNC(=O)Nc1c(CC=C(C)CCC(=O)OCCC(C)C)c(OC)c(C)c2c1C(=O)OC2. The summed E-state index contributed by atoms with van der Waals surface area (Å²) >= 11 is 0. The molecule has 182 valence electrons.